The van der Waals surface area contributed by atoms with Crippen LogP contribution >= 0.6 is 0 Å². The van der Waals surface area contributed by atoms with Gasteiger partial charge in [-0.2, -0.15) is 0 Å². The molecule has 0 heterocycles. The van der Waals surface area contributed by atoms with E-state index in [9.17, 15) is 3.89 Å². The second-order valence-corrected chi connectivity index (χ2v) is 2.88. The van der Waals surface area contributed by atoms with Gasteiger partial charge < -0.3 is 0 Å². The van der Waals surface area contributed by atoms with Gasteiger partial charge in [0.2, 0.25) is 0 Å². The molecule has 1 atom stereocenters. The first-order valence-electron chi connectivity index (χ1n) is 1.40. The fraction of sp³-hybridized carbons (Fsp3) is 1.00. The van der Waals surface area contributed by atoms with Gasteiger partial charge in [0.25, 0.3) is 0 Å². The van der Waals surface area contributed by atoms with Gasteiger partial charge in [-0.15, -0.1) is 3.89 Å². The first-order valence-corrected chi connectivity index (χ1v) is 3.29. The average molecular weight is 110 g/mol. The van der Waals surface area contributed by atoms with Crippen molar-refractivity contribution in [2.75, 3.05) is 13.3 Å². The molecule has 0 rings (SSSR count). The van der Waals surface area contributed by atoms with Crippen molar-refractivity contribution in [3.8, 4) is 0 Å². The standard InChI is InChI=1S/C2H7FN2S/c1-5-6(2,3)4/h4H,1-2H3. The van der Waals surface area contributed by atoms with Crippen molar-refractivity contribution in [1.82, 2.24) is 0 Å². The van der Waals surface area contributed by atoms with Crippen LogP contribution in [0.3, 0.4) is 0 Å². The molecule has 0 aromatic heterocycles. The van der Waals surface area contributed by atoms with Gasteiger partial charge in [0.15, 0.2) is 0 Å². The zero-order chi connectivity index (χ0) is 5.21. The molecule has 1 unspecified atom stereocenters. The van der Waals surface area contributed by atoms with E-state index in [1.165, 1.54) is 7.05 Å². The summed E-state index contributed by atoms with van der Waals surface area (Å²) in [4.78, 5) is 0. The highest BCUT2D eigenvalue weighted by Gasteiger charge is 1.78. The Morgan fingerprint density at radius 2 is 2.00 bits per heavy atom. The number of nitrogens with zero attached hydrogens (tertiary/aromatic N) is 1. The Labute approximate surface area is 37.3 Å². The molecular weight excluding hydrogens is 103 g/mol. The fourth-order valence-corrected chi connectivity index (χ4v) is 0. The molecule has 0 aliphatic rings. The zero-order valence-electron chi connectivity index (χ0n) is 3.73. The van der Waals surface area contributed by atoms with E-state index in [0.717, 1.165) is 6.26 Å². The summed E-state index contributed by atoms with van der Waals surface area (Å²) in [6.07, 6.45) is 1.16. The maximum Gasteiger partial charge on any atom is 0.0903 e. The van der Waals surface area contributed by atoms with E-state index >= 15 is 0 Å². The lowest BCUT2D eigenvalue weighted by atomic mass is 11.6. The van der Waals surface area contributed by atoms with Crippen LogP contribution in [-0.4, -0.2) is 13.3 Å². The van der Waals surface area contributed by atoms with Crippen LogP contribution in [-0.2, 0) is 10.0 Å². The molecule has 1 N–H and O–H groups in total. The number of halogens is 1. The van der Waals surface area contributed by atoms with Gasteiger partial charge in [-0.3, -0.25) is 0 Å². The van der Waals surface area contributed by atoms with Crippen molar-refractivity contribution >= 4 is 10.0 Å². The summed E-state index contributed by atoms with van der Waals surface area (Å²) >= 11 is 0. The maximum atomic E-state index is 11.7. The molecular formula is C2H7FN2S. The summed E-state index contributed by atoms with van der Waals surface area (Å²) in [6.45, 7) is 0. The summed E-state index contributed by atoms with van der Waals surface area (Å²) < 4.78 is 21.2. The largest absolute Gasteiger partial charge is 0.244 e. The highest BCUT2D eigenvalue weighted by molar-refractivity contribution is 7.88. The smallest absolute Gasteiger partial charge is 0.0903 e. The average Bonchev–Trinajstić information content (AvgIpc) is 1.35. The van der Waals surface area contributed by atoms with Gasteiger partial charge in [0.1, 0.15) is 0 Å². The first kappa shape index (κ1) is 5.88. The van der Waals surface area contributed by atoms with Crippen LogP contribution in [0.15, 0.2) is 4.36 Å². The molecule has 0 fully saturated rings. The van der Waals surface area contributed by atoms with Crippen molar-refractivity contribution in [3.63, 3.8) is 0 Å². The van der Waals surface area contributed by atoms with E-state index in [1.807, 2.05) is 0 Å². The topological polar surface area (TPSA) is 36.2 Å². The predicted molar refractivity (Wildman–Crippen MR) is 25.5 cm³/mol. The van der Waals surface area contributed by atoms with Crippen LogP contribution in [0.2, 0.25) is 0 Å². The number of hydrogen-bond acceptors (Lipinski definition) is 2. The minimum absolute atomic E-state index is 1.16. The third-order valence-corrected chi connectivity index (χ3v) is 1.03. The monoisotopic (exact) mass is 110 g/mol. The Morgan fingerprint density at radius 3 is 2.00 bits per heavy atom. The second-order valence-electron chi connectivity index (χ2n) is 0.961. The zero-order valence-corrected chi connectivity index (χ0v) is 4.55. The van der Waals surface area contributed by atoms with E-state index < -0.39 is 10.0 Å². The quantitative estimate of drug-likeness (QED) is 0.487. The molecule has 4 heteroatoms. The number of hydrogen-bond donors (Lipinski definition) is 1. The summed E-state index contributed by atoms with van der Waals surface area (Å²) in [7, 11) is -1.48. The van der Waals surface area contributed by atoms with Crippen LogP contribution in [0.5, 0.6) is 0 Å². The molecule has 0 bridgehead atoms. The molecule has 0 aliphatic carbocycles. The Morgan fingerprint density at radius 1 is 1.83 bits per heavy atom. The Kier molecular flexibility index (Phi) is 1.52. The lowest BCUT2D eigenvalue weighted by Gasteiger charge is -1.83. The molecule has 0 aliphatic heterocycles. The molecule has 0 saturated heterocycles. The van der Waals surface area contributed by atoms with Gasteiger partial charge in [-0.25, -0.2) is 9.14 Å². The molecule has 0 saturated carbocycles. The van der Waals surface area contributed by atoms with Gasteiger partial charge in [-0.05, 0) is 0 Å². The maximum absolute atomic E-state index is 11.7. The van der Waals surface area contributed by atoms with E-state index in [1.54, 1.807) is 0 Å². The fourth-order valence-electron chi connectivity index (χ4n) is 0. The van der Waals surface area contributed by atoms with Crippen molar-refractivity contribution in [3.05, 3.63) is 0 Å². The molecule has 0 spiro atoms. The van der Waals surface area contributed by atoms with Crippen LogP contribution in [0.4, 0.5) is 3.89 Å². The molecule has 0 radical (unpaired) electrons. The first-order chi connectivity index (χ1) is 2.56. The van der Waals surface area contributed by atoms with E-state index in [0.29, 0.717) is 0 Å². The predicted octanol–water partition coefficient (Wildman–Crippen LogP) is 1.23. The number of nitrogens with one attached hydrogen (secondary N) is 1. The minimum Gasteiger partial charge on any atom is -0.244 e. The van der Waals surface area contributed by atoms with Crippen LogP contribution in [0.1, 0.15) is 0 Å². The SMILES string of the molecule is CN=S(C)(=N)F. The van der Waals surface area contributed by atoms with Gasteiger partial charge in [0.05, 0.1) is 10.0 Å². The third-order valence-electron chi connectivity index (χ3n) is 0.343. The highest BCUT2D eigenvalue weighted by Crippen LogP contribution is 1.87. The van der Waals surface area contributed by atoms with Crippen molar-refractivity contribution in [1.29, 1.82) is 4.78 Å². The summed E-state index contributed by atoms with van der Waals surface area (Å²) in [5.74, 6) is 0. The lowest BCUT2D eigenvalue weighted by molar-refractivity contribution is 0.902. The summed E-state index contributed by atoms with van der Waals surface area (Å²) in [6, 6.07) is 0. The van der Waals surface area contributed by atoms with Crippen molar-refractivity contribution < 1.29 is 3.89 Å². The normalized spacial score (nSPS) is 19.2. The van der Waals surface area contributed by atoms with Crippen molar-refractivity contribution in [2.24, 2.45) is 4.36 Å². The minimum atomic E-state index is -2.79. The number of rotatable bonds is 0. The van der Waals surface area contributed by atoms with Crippen molar-refractivity contribution in [2.45, 2.75) is 0 Å². The summed E-state index contributed by atoms with van der Waals surface area (Å²) in [5.41, 5.74) is 0. The van der Waals surface area contributed by atoms with Gasteiger partial charge >= 0.3 is 0 Å². The van der Waals surface area contributed by atoms with Crippen LogP contribution < -0.4 is 0 Å². The molecule has 0 amide bonds. The molecule has 2 nitrogen and oxygen atoms in total. The Bertz CT molecular complexity index is 124. The Hall–Kier alpha value is -0.120. The van der Waals surface area contributed by atoms with Crippen LogP contribution in [0.25, 0.3) is 0 Å². The molecule has 0 aromatic carbocycles. The van der Waals surface area contributed by atoms with E-state index in [4.69, 9.17) is 4.78 Å². The van der Waals surface area contributed by atoms with Gasteiger partial charge in [-0.1, -0.05) is 0 Å². The summed E-state index contributed by atoms with van der Waals surface area (Å²) in [5, 5.41) is 0. The van der Waals surface area contributed by atoms with E-state index in [2.05, 4.69) is 4.36 Å². The van der Waals surface area contributed by atoms with Gasteiger partial charge in [0, 0.05) is 13.3 Å². The molecule has 0 aromatic rings. The van der Waals surface area contributed by atoms with E-state index in [-0.39, 0.29) is 0 Å². The highest BCUT2D eigenvalue weighted by atomic mass is 32.2. The second kappa shape index (κ2) is 1.55. The Balaban J connectivity index is 4.24. The van der Waals surface area contributed by atoms with Crippen LogP contribution in [0, 0.1) is 4.78 Å². The molecule has 6 heavy (non-hydrogen) atoms. The lowest BCUT2D eigenvalue weighted by Crippen LogP contribution is -1.76. The molecule has 38 valence electrons. The third kappa shape index (κ3) is 3.88.